The zero-order valence-corrected chi connectivity index (χ0v) is 7.25. The van der Waals surface area contributed by atoms with Crippen LogP contribution in [-0.4, -0.2) is 0 Å². The fraction of sp³-hybridized carbons (Fsp3) is 0.0909. The molecule has 1 nitrogen and oxygen atoms in total. The van der Waals surface area contributed by atoms with Crippen LogP contribution >= 0.6 is 0 Å². The third-order valence-electron chi connectivity index (χ3n) is 1.39. The molecule has 1 rings (SSSR count). The highest BCUT2D eigenvalue weighted by molar-refractivity contribution is 5.45. The molecule has 0 atom stereocenters. The zero-order valence-electron chi connectivity index (χ0n) is 7.25. The summed E-state index contributed by atoms with van der Waals surface area (Å²) in [5, 5.41) is 3.13. The van der Waals surface area contributed by atoms with Crippen molar-refractivity contribution in [2.75, 3.05) is 5.32 Å². The van der Waals surface area contributed by atoms with Gasteiger partial charge in [0.25, 0.3) is 0 Å². The summed E-state index contributed by atoms with van der Waals surface area (Å²) < 4.78 is 0. The molecule has 0 fully saturated rings. The van der Waals surface area contributed by atoms with Crippen molar-refractivity contribution in [2.24, 2.45) is 0 Å². The second-order valence-electron chi connectivity index (χ2n) is 2.69. The van der Waals surface area contributed by atoms with Gasteiger partial charge in [-0.1, -0.05) is 30.4 Å². The minimum atomic E-state index is 1.04. The molecule has 1 aromatic rings. The lowest BCUT2D eigenvalue weighted by molar-refractivity contribution is 1.51. The molecule has 0 aliphatic rings. The molecule has 0 unspecified atom stereocenters. The van der Waals surface area contributed by atoms with E-state index in [0.29, 0.717) is 0 Å². The number of hydrogen-bond acceptors (Lipinski definition) is 1. The first-order valence-electron chi connectivity index (χ1n) is 3.92. The van der Waals surface area contributed by atoms with Gasteiger partial charge in [0.1, 0.15) is 0 Å². The Morgan fingerprint density at radius 1 is 1.33 bits per heavy atom. The second-order valence-corrected chi connectivity index (χ2v) is 2.69. The van der Waals surface area contributed by atoms with Gasteiger partial charge in [0.2, 0.25) is 0 Å². The molecule has 62 valence electrons. The first kappa shape index (κ1) is 8.60. The summed E-state index contributed by atoms with van der Waals surface area (Å²) in [5.74, 6) is 0. The van der Waals surface area contributed by atoms with Crippen molar-refractivity contribution < 1.29 is 0 Å². The lowest BCUT2D eigenvalue weighted by Crippen LogP contribution is -1.85. The van der Waals surface area contributed by atoms with Gasteiger partial charge >= 0.3 is 0 Å². The summed E-state index contributed by atoms with van der Waals surface area (Å²) in [7, 11) is 0. The number of allylic oxidation sites excluding steroid dienone is 2. The molecular formula is C11H13N. The molecule has 0 amide bonds. The summed E-state index contributed by atoms with van der Waals surface area (Å²) in [6, 6.07) is 10.0. The lowest BCUT2D eigenvalue weighted by atomic mass is 10.3. The van der Waals surface area contributed by atoms with E-state index in [2.05, 4.69) is 11.9 Å². The Labute approximate surface area is 73.4 Å². The van der Waals surface area contributed by atoms with Crippen LogP contribution < -0.4 is 5.32 Å². The van der Waals surface area contributed by atoms with E-state index in [9.17, 15) is 0 Å². The summed E-state index contributed by atoms with van der Waals surface area (Å²) in [6.07, 6.45) is 3.82. The number of nitrogens with one attached hydrogen (secondary N) is 1. The summed E-state index contributed by atoms with van der Waals surface area (Å²) in [6.45, 7) is 5.72. The number of benzene rings is 1. The number of hydrogen-bond donors (Lipinski definition) is 1. The van der Waals surface area contributed by atoms with Crippen molar-refractivity contribution in [3.63, 3.8) is 0 Å². The molecule has 0 aliphatic carbocycles. The van der Waals surface area contributed by atoms with Crippen LogP contribution in [0.2, 0.25) is 0 Å². The smallest absolute Gasteiger partial charge is 0.0379 e. The Balaban J connectivity index is 2.49. The van der Waals surface area contributed by atoms with Crippen LogP contribution in [-0.2, 0) is 0 Å². The Morgan fingerprint density at radius 2 is 2.00 bits per heavy atom. The molecule has 1 heteroatoms. The molecule has 0 spiro atoms. The van der Waals surface area contributed by atoms with Crippen LogP contribution in [0.4, 0.5) is 5.69 Å². The van der Waals surface area contributed by atoms with E-state index in [0.717, 1.165) is 11.3 Å². The fourth-order valence-electron chi connectivity index (χ4n) is 0.815. The highest BCUT2D eigenvalue weighted by Gasteiger charge is 1.82. The molecular weight excluding hydrogens is 146 g/mol. The van der Waals surface area contributed by atoms with Gasteiger partial charge in [0, 0.05) is 11.9 Å². The number of para-hydroxylation sites is 1. The van der Waals surface area contributed by atoms with Crippen molar-refractivity contribution in [3.05, 3.63) is 54.8 Å². The largest absolute Gasteiger partial charge is 0.362 e. The quantitative estimate of drug-likeness (QED) is 0.668. The lowest BCUT2D eigenvalue weighted by Gasteiger charge is -1.97. The molecule has 0 saturated carbocycles. The van der Waals surface area contributed by atoms with Crippen molar-refractivity contribution in [3.8, 4) is 0 Å². The molecule has 0 radical (unpaired) electrons. The maximum absolute atomic E-state index is 3.76. The Morgan fingerprint density at radius 3 is 2.58 bits per heavy atom. The molecule has 0 aliphatic heterocycles. The van der Waals surface area contributed by atoms with Crippen molar-refractivity contribution >= 4 is 5.69 Å². The van der Waals surface area contributed by atoms with Gasteiger partial charge in [-0.2, -0.15) is 0 Å². The number of rotatable bonds is 3. The number of anilines is 1. The first-order valence-corrected chi connectivity index (χ1v) is 3.92. The third-order valence-corrected chi connectivity index (χ3v) is 1.39. The van der Waals surface area contributed by atoms with Crippen LogP contribution in [0.1, 0.15) is 6.92 Å². The second kappa shape index (κ2) is 4.39. The van der Waals surface area contributed by atoms with E-state index in [1.54, 1.807) is 0 Å². The summed E-state index contributed by atoms with van der Waals surface area (Å²) >= 11 is 0. The van der Waals surface area contributed by atoms with Crippen molar-refractivity contribution in [2.45, 2.75) is 6.92 Å². The minimum Gasteiger partial charge on any atom is -0.362 e. The van der Waals surface area contributed by atoms with Crippen LogP contribution in [0.15, 0.2) is 54.8 Å². The summed E-state index contributed by atoms with van der Waals surface area (Å²) in [5.41, 5.74) is 2.13. The van der Waals surface area contributed by atoms with Gasteiger partial charge in [0.15, 0.2) is 0 Å². The normalized spacial score (nSPS) is 10.1. The highest BCUT2D eigenvalue weighted by atomic mass is 14.8. The average Bonchev–Trinajstić information content (AvgIpc) is 2.05. The zero-order chi connectivity index (χ0) is 8.81. The molecule has 0 aromatic heterocycles. The Kier molecular flexibility index (Phi) is 3.15. The molecule has 1 N–H and O–H groups in total. The fourth-order valence-corrected chi connectivity index (χ4v) is 0.815. The maximum atomic E-state index is 3.76. The summed E-state index contributed by atoms with van der Waals surface area (Å²) in [4.78, 5) is 0. The molecule has 12 heavy (non-hydrogen) atoms. The van der Waals surface area contributed by atoms with Gasteiger partial charge in [-0.3, -0.25) is 0 Å². The van der Waals surface area contributed by atoms with Crippen LogP contribution in [0.3, 0.4) is 0 Å². The van der Waals surface area contributed by atoms with E-state index in [1.165, 1.54) is 0 Å². The Hall–Kier alpha value is -1.50. The average molecular weight is 159 g/mol. The topological polar surface area (TPSA) is 12.0 Å². The molecule has 0 heterocycles. The molecule has 0 saturated heterocycles. The SMILES string of the molecule is C=C(C)C=CNc1ccccc1. The van der Waals surface area contributed by atoms with E-state index < -0.39 is 0 Å². The van der Waals surface area contributed by atoms with E-state index in [1.807, 2.05) is 49.5 Å². The Bertz CT molecular complexity index is 272. The highest BCUT2D eigenvalue weighted by Crippen LogP contribution is 2.04. The van der Waals surface area contributed by atoms with E-state index in [-0.39, 0.29) is 0 Å². The molecule has 0 bridgehead atoms. The van der Waals surface area contributed by atoms with Crippen molar-refractivity contribution in [1.82, 2.24) is 0 Å². The van der Waals surface area contributed by atoms with Crippen LogP contribution in [0.25, 0.3) is 0 Å². The van der Waals surface area contributed by atoms with E-state index in [4.69, 9.17) is 0 Å². The van der Waals surface area contributed by atoms with Gasteiger partial charge in [0.05, 0.1) is 0 Å². The predicted octanol–water partition coefficient (Wildman–Crippen LogP) is 3.19. The monoisotopic (exact) mass is 159 g/mol. The van der Waals surface area contributed by atoms with Crippen LogP contribution in [0, 0.1) is 0 Å². The van der Waals surface area contributed by atoms with Gasteiger partial charge in [-0.15, -0.1) is 0 Å². The molecule has 1 aromatic carbocycles. The van der Waals surface area contributed by atoms with E-state index >= 15 is 0 Å². The van der Waals surface area contributed by atoms with Gasteiger partial charge in [-0.25, -0.2) is 0 Å². The first-order chi connectivity index (χ1) is 5.79. The standard InChI is InChI=1S/C11H13N/c1-10(2)8-9-12-11-6-4-3-5-7-11/h3-9,12H,1H2,2H3. The van der Waals surface area contributed by atoms with Gasteiger partial charge < -0.3 is 5.32 Å². The minimum absolute atomic E-state index is 1.04. The predicted molar refractivity (Wildman–Crippen MR) is 54.0 cm³/mol. The van der Waals surface area contributed by atoms with Crippen molar-refractivity contribution in [1.29, 1.82) is 0 Å². The van der Waals surface area contributed by atoms with Gasteiger partial charge in [-0.05, 0) is 25.1 Å². The third kappa shape index (κ3) is 3.06. The maximum Gasteiger partial charge on any atom is 0.0379 e. The van der Waals surface area contributed by atoms with Crippen LogP contribution in [0.5, 0.6) is 0 Å².